The van der Waals surface area contributed by atoms with E-state index in [9.17, 15) is 0 Å². The summed E-state index contributed by atoms with van der Waals surface area (Å²) in [6, 6.07) is 0. The summed E-state index contributed by atoms with van der Waals surface area (Å²) in [5.41, 5.74) is 4.85. The third-order valence-corrected chi connectivity index (χ3v) is 0.136. The molecule has 0 bridgehead atoms. The predicted octanol–water partition coefficient (Wildman–Crippen LogP) is -1.31. The number of rotatable bonds is 1. The van der Waals surface area contributed by atoms with Crippen LogP contribution in [0.3, 0.4) is 0 Å². The van der Waals surface area contributed by atoms with Gasteiger partial charge in [-0.2, -0.15) is 0 Å². The van der Waals surface area contributed by atoms with E-state index < -0.39 is 0 Å². The molecule has 0 aliphatic heterocycles. The molecular formula is CH4B2N. The third-order valence-electron chi connectivity index (χ3n) is 0.136. The molecule has 4 heavy (non-hydrogen) atoms. The molecule has 0 saturated heterocycles. The first-order chi connectivity index (χ1) is 1.91. The first kappa shape index (κ1) is 4.09. The molecule has 0 rings (SSSR count). The van der Waals surface area contributed by atoms with E-state index in [4.69, 9.17) is 13.1 Å². The number of hydrogen-bond donors (Lipinski definition) is 1. The molecule has 1 nitrogen and oxygen atoms in total. The maximum absolute atomic E-state index is 4.85. The van der Waals surface area contributed by atoms with Crippen molar-refractivity contribution in [3.05, 3.63) is 0 Å². The minimum absolute atomic E-state index is 0.472. The molecule has 1 radical (unpaired) electrons. The van der Waals surface area contributed by atoms with Crippen LogP contribution in [-0.4, -0.2) is 20.6 Å². The molecule has 0 amide bonds. The Balaban J connectivity index is 2.30. The fraction of sp³-hybridized carbons (Fsp3) is 1.00. The van der Waals surface area contributed by atoms with Gasteiger partial charge in [-0.15, -0.1) is 0 Å². The second-order valence-corrected chi connectivity index (χ2v) is 0.471. The summed E-state index contributed by atoms with van der Waals surface area (Å²) in [5.74, 6) is 0. The van der Waals surface area contributed by atoms with Crippen molar-refractivity contribution in [1.29, 1.82) is 0 Å². The van der Waals surface area contributed by atoms with Crippen LogP contribution >= 0.6 is 0 Å². The van der Waals surface area contributed by atoms with Gasteiger partial charge in [0.25, 0.3) is 0 Å². The van der Waals surface area contributed by atoms with Crippen molar-refractivity contribution in [3.8, 4) is 0 Å². The fourth-order valence-corrected chi connectivity index (χ4v) is 0. The van der Waals surface area contributed by atoms with Crippen molar-refractivity contribution in [2.24, 2.45) is 5.73 Å². The Morgan fingerprint density at radius 3 is 2.25 bits per heavy atom. The molecule has 0 saturated carbocycles. The average molecular weight is 51.7 g/mol. The normalized spacial score (nSPS) is 5.00. The quantitative estimate of drug-likeness (QED) is 0.368. The van der Waals surface area contributed by atoms with E-state index in [1.165, 1.54) is 6.80 Å². The average Bonchev–Trinajstić information content (AvgIpc) is 1.37. The van der Waals surface area contributed by atoms with E-state index in [-0.39, 0.29) is 0 Å². The summed E-state index contributed by atoms with van der Waals surface area (Å²) in [6.45, 7) is 1.40. The van der Waals surface area contributed by atoms with Crippen LogP contribution in [0.4, 0.5) is 0 Å². The van der Waals surface area contributed by atoms with Gasteiger partial charge in [-0.25, -0.2) is 0 Å². The molecule has 19 valence electrons. The zero-order valence-electron chi connectivity index (χ0n) is 2.44. The van der Waals surface area contributed by atoms with Crippen LogP contribution in [0, 0.1) is 0 Å². The molecule has 2 N–H and O–H groups in total. The Morgan fingerprint density at radius 1 is 2.00 bits per heavy atom. The monoisotopic (exact) mass is 52.1 g/mol. The van der Waals surface area contributed by atoms with Crippen molar-refractivity contribution >= 4 is 14.2 Å². The van der Waals surface area contributed by atoms with Crippen LogP contribution in [-0.2, 0) is 0 Å². The van der Waals surface area contributed by atoms with Crippen molar-refractivity contribution < 1.29 is 0 Å². The summed E-state index contributed by atoms with van der Waals surface area (Å²) in [5, 5.41) is 0. The summed E-state index contributed by atoms with van der Waals surface area (Å²) in [7, 11) is 4.78. The molecular weight excluding hydrogens is 47.6 g/mol. The van der Waals surface area contributed by atoms with E-state index in [1.54, 1.807) is 0 Å². The zero-order chi connectivity index (χ0) is 3.41. The SMILES string of the molecule is [B]=BCN. The van der Waals surface area contributed by atoms with Gasteiger partial charge in [0.15, 0.2) is 0 Å². The zero-order valence-corrected chi connectivity index (χ0v) is 2.44. The van der Waals surface area contributed by atoms with Gasteiger partial charge >= 0.3 is 26.3 Å². The van der Waals surface area contributed by atoms with Crippen LogP contribution in [0.15, 0.2) is 0 Å². The molecule has 0 heterocycles. The second-order valence-electron chi connectivity index (χ2n) is 0.471. The van der Waals surface area contributed by atoms with E-state index >= 15 is 0 Å². The van der Waals surface area contributed by atoms with Crippen molar-refractivity contribution in [3.63, 3.8) is 0 Å². The summed E-state index contributed by atoms with van der Waals surface area (Å²) in [6.07, 6.45) is 0.472. The molecule has 0 aliphatic carbocycles. The molecule has 0 aromatic rings. The fourth-order valence-electron chi connectivity index (χ4n) is 0. The Kier molecular flexibility index (Phi) is 3.16. The minimum atomic E-state index is 0.472. The van der Waals surface area contributed by atoms with Crippen LogP contribution in [0.25, 0.3) is 0 Å². The van der Waals surface area contributed by atoms with Crippen LogP contribution in [0.5, 0.6) is 0 Å². The second kappa shape index (κ2) is 3.09. The molecule has 0 fully saturated rings. The Labute approximate surface area is 27.5 Å². The summed E-state index contributed by atoms with van der Waals surface area (Å²) < 4.78 is 0. The van der Waals surface area contributed by atoms with Gasteiger partial charge in [0.05, 0.1) is 0 Å². The van der Waals surface area contributed by atoms with Gasteiger partial charge in [-0.05, 0) is 0 Å². The molecule has 0 atom stereocenters. The van der Waals surface area contributed by atoms with Crippen molar-refractivity contribution in [1.82, 2.24) is 0 Å². The summed E-state index contributed by atoms with van der Waals surface area (Å²) in [4.78, 5) is 0. The van der Waals surface area contributed by atoms with Crippen LogP contribution in [0.2, 0.25) is 0 Å². The molecule has 0 aliphatic rings. The first-order valence-electron chi connectivity index (χ1n) is 1.15. The Hall–Kier alpha value is 0.0899. The first-order valence-corrected chi connectivity index (χ1v) is 1.15. The number of hydrogen-bond acceptors (Lipinski definition) is 1. The molecule has 0 unspecified atom stereocenters. The molecule has 0 aromatic heterocycles. The van der Waals surface area contributed by atoms with Gasteiger partial charge in [0.2, 0.25) is 0 Å². The van der Waals surface area contributed by atoms with Gasteiger partial charge in [-0.1, -0.05) is 0 Å². The topological polar surface area (TPSA) is 26.0 Å². The predicted molar refractivity (Wildman–Crippen MR) is 20.6 cm³/mol. The van der Waals surface area contributed by atoms with E-state index in [2.05, 4.69) is 0 Å². The summed E-state index contributed by atoms with van der Waals surface area (Å²) >= 11 is 0. The molecule has 3 heteroatoms. The van der Waals surface area contributed by atoms with Gasteiger partial charge in [0.1, 0.15) is 0 Å². The van der Waals surface area contributed by atoms with Crippen LogP contribution in [0.1, 0.15) is 0 Å². The van der Waals surface area contributed by atoms with Crippen molar-refractivity contribution in [2.75, 3.05) is 6.44 Å². The third kappa shape index (κ3) is 2.09. The Bertz CT molecular complexity index is 20.0. The van der Waals surface area contributed by atoms with E-state index in [0.717, 1.165) is 0 Å². The van der Waals surface area contributed by atoms with Gasteiger partial charge < -0.3 is 0 Å². The van der Waals surface area contributed by atoms with E-state index in [0.29, 0.717) is 6.44 Å². The Morgan fingerprint density at radius 2 is 2.25 bits per heavy atom. The van der Waals surface area contributed by atoms with Crippen LogP contribution < -0.4 is 5.73 Å². The van der Waals surface area contributed by atoms with Crippen molar-refractivity contribution in [2.45, 2.75) is 0 Å². The standard InChI is InChI=1S/CH4B2N/c2-3-1-4/h1,4H2. The number of nitrogens with two attached hydrogens (primary N) is 1. The maximum atomic E-state index is 4.85. The molecule has 0 spiro atoms. The van der Waals surface area contributed by atoms with E-state index in [1.807, 2.05) is 0 Å². The van der Waals surface area contributed by atoms with Gasteiger partial charge in [0, 0.05) is 0 Å². The van der Waals surface area contributed by atoms with Gasteiger partial charge in [-0.3, -0.25) is 0 Å². The molecule has 0 aromatic carbocycles.